The first-order chi connectivity index (χ1) is 14.1. The zero-order valence-electron chi connectivity index (χ0n) is 17.9. The van der Waals surface area contributed by atoms with Crippen LogP contribution < -0.4 is 5.32 Å². The smallest absolute Gasteiger partial charge is 0.180 e. The van der Waals surface area contributed by atoms with Crippen molar-refractivity contribution in [3.8, 4) is 0 Å². The molecule has 0 bridgehead atoms. The minimum Gasteiger partial charge on any atom is -0.367 e. The van der Waals surface area contributed by atoms with Crippen LogP contribution in [0, 0.1) is 0 Å². The second-order valence-electron chi connectivity index (χ2n) is 6.07. The predicted octanol–water partition coefficient (Wildman–Crippen LogP) is 6.71. The van der Waals surface area contributed by atoms with Gasteiger partial charge in [-0.25, -0.2) is 9.97 Å². The van der Waals surface area contributed by atoms with Gasteiger partial charge < -0.3 is 10.3 Å². The topological polar surface area (TPSA) is 58.0 Å². The normalized spacial score (nSPS) is 10.1. The van der Waals surface area contributed by atoms with E-state index >= 15 is 0 Å². The summed E-state index contributed by atoms with van der Waals surface area (Å²) in [4.78, 5) is 12.4. The molecule has 0 aliphatic rings. The lowest BCUT2D eigenvalue weighted by Gasteiger charge is -2.08. The molecule has 2 N–H and O–H groups in total. The zero-order chi connectivity index (χ0) is 21.4. The molecular formula is C23H30BrN5. The predicted molar refractivity (Wildman–Crippen MR) is 129 cm³/mol. The van der Waals surface area contributed by atoms with Crippen LogP contribution in [0.25, 0.3) is 22.1 Å². The van der Waals surface area contributed by atoms with Gasteiger partial charge in [-0.1, -0.05) is 52.5 Å². The standard InChI is InChI=1S/C19H18BrN5.2C2H6/c1-12(2)16-10-23-19-18(24-17(20)11-25(16)19)21-8-7-13-9-22-15-6-4-3-5-14(13)15;2*1-2/h3-6,9-11,22H,1,7-8H2,2H3,(H,21,24);2*1-2H3. The summed E-state index contributed by atoms with van der Waals surface area (Å²) in [7, 11) is 0. The molecule has 29 heavy (non-hydrogen) atoms. The third-order valence-corrected chi connectivity index (χ3v) is 4.64. The van der Waals surface area contributed by atoms with E-state index in [-0.39, 0.29) is 0 Å². The average molecular weight is 456 g/mol. The van der Waals surface area contributed by atoms with Gasteiger partial charge >= 0.3 is 0 Å². The lowest BCUT2D eigenvalue weighted by molar-refractivity contribution is 0.997. The number of nitrogens with one attached hydrogen (secondary N) is 2. The highest BCUT2D eigenvalue weighted by molar-refractivity contribution is 9.10. The van der Waals surface area contributed by atoms with Crippen molar-refractivity contribution in [3.05, 3.63) is 65.3 Å². The van der Waals surface area contributed by atoms with Crippen LogP contribution in [0.5, 0.6) is 0 Å². The summed E-state index contributed by atoms with van der Waals surface area (Å²) < 4.78 is 2.77. The molecule has 0 radical (unpaired) electrons. The Morgan fingerprint density at radius 2 is 1.93 bits per heavy atom. The Kier molecular flexibility index (Phi) is 8.46. The summed E-state index contributed by atoms with van der Waals surface area (Å²) in [5, 5.41) is 4.68. The molecule has 0 saturated carbocycles. The highest BCUT2D eigenvalue weighted by Gasteiger charge is 2.11. The van der Waals surface area contributed by atoms with Gasteiger partial charge in [0, 0.05) is 29.8 Å². The Balaban J connectivity index is 0.000000707. The van der Waals surface area contributed by atoms with E-state index in [9.17, 15) is 0 Å². The number of nitrogens with zero attached hydrogens (tertiary/aromatic N) is 3. The molecule has 0 saturated heterocycles. The number of rotatable bonds is 5. The molecule has 0 amide bonds. The third-order valence-electron chi connectivity index (χ3n) is 4.26. The van der Waals surface area contributed by atoms with Crippen molar-refractivity contribution in [1.29, 1.82) is 0 Å². The summed E-state index contributed by atoms with van der Waals surface area (Å²) >= 11 is 3.48. The lowest BCUT2D eigenvalue weighted by Crippen LogP contribution is -2.08. The second-order valence-corrected chi connectivity index (χ2v) is 6.88. The summed E-state index contributed by atoms with van der Waals surface area (Å²) in [6, 6.07) is 8.34. The van der Waals surface area contributed by atoms with Crippen LogP contribution in [0.2, 0.25) is 0 Å². The quantitative estimate of drug-likeness (QED) is 0.351. The van der Waals surface area contributed by atoms with E-state index in [2.05, 4.69) is 67.2 Å². The molecule has 0 aliphatic heterocycles. The number of imidazole rings is 1. The minimum atomic E-state index is 0.759. The number of anilines is 1. The molecule has 4 aromatic rings. The lowest BCUT2D eigenvalue weighted by atomic mass is 10.1. The molecule has 154 valence electrons. The molecule has 0 aliphatic carbocycles. The van der Waals surface area contributed by atoms with Gasteiger partial charge in [0.25, 0.3) is 0 Å². The van der Waals surface area contributed by atoms with E-state index in [4.69, 9.17) is 0 Å². The van der Waals surface area contributed by atoms with E-state index in [0.717, 1.165) is 40.3 Å². The third kappa shape index (κ3) is 5.07. The molecule has 3 heterocycles. The fourth-order valence-electron chi connectivity index (χ4n) is 3.05. The van der Waals surface area contributed by atoms with Gasteiger partial charge in [-0.05, 0) is 46.5 Å². The number of allylic oxidation sites excluding steroid dienone is 1. The van der Waals surface area contributed by atoms with Crippen LogP contribution in [0.15, 0.2) is 54.0 Å². The number of fused-ring (bicyclic) bond motifs is 2. The maximum atomic E-state index is 4.54. The van der Waals surface area contributed by atoms with Crippen LogP contribution in [-0.4, -0.2) is 25.9 Å². The van der Waals surface area contributed by atoms with Crippen molar-refractivity contribution in [1.82, 2.24) is 19.4 Å². The second kappa shape index (κ2) is 10.8. The van der Waals surface area contributed by atoms with Crippen LogP contribution in [0.1, 0.15) is 45.9 Å². The number of aromatic amines is 1. The van der Waals surface area contributed by atoms with Crippen LogP contribution in [0.3, 0.4) is 0 Å². The van der Waals surface area contributed by atoms with Crippen molar-refractivity contribution in [2.24, 2.45) is 0 Å². The highest BCUT2D eigenvalue weighted by atomic mass is 79.9. The first-order valence-electron chi connectivity index (χ1n) is 10.1. The van der Waals surface area contributed by atoms with Crippen LogP contribution in [0.4, 0.5) is 5.82 Å². The largest absolute Gasteiger partial charge is 0.367 e. The molecule has 0 atom stereocenters. The maximum Gasteiger partial charge on any atom is 0.180 e. The summed E-state index contributed by atoms with van der Waals surface area (Å²) in [5.74, 6) is 0.765. The average Bonchev–Trinajstić information content (AvgIpc) is 3.35. The number of hydrogen-bond acceptors (Lipinski definition) is 3. The highest BCUT2D eigenvalue weighted by Crippen LogP contribution is 2.23. The van der Waals surface area contributed by atoms with Gasteiger partial charge in [0.2, 0.25) is 0 Å². The molecule has 5 nitrogen and oxygen atoms in total. The molecule has 0 spiro atoms. The molecule has 6 heteroatoms. The Morgan fingerprint density at radius 3 is 2.66 bits per heavy atom. The molecule has 0 fully saturated rings. The fraction of sp³-hybridized carbons (Fsp3) is 0.304. The Morgan fingerprint density at radius 1 is 1.21 bits per heavy atom. The van der Waals surface area contributed by atoms with E-state index in [1.165, 1.54) is 16.5 Å². The van der Waals surface area contributed by atoms with Crippen LogP contribution in [-0.2, 0) is 6.42 Å². The van der Waals surface area contributed by atoms with E-state index in [0.29, 0.717) is 0 Å². The summed E-state index contributed by atoms with van der Waals surface area (Å²) in [6.07, 6.45) is 6.72. The van der Waals surface area contributed by atoms with Crippen LogP contribution >= 0.6 is 15.9 Å². The summed E-state index contributed by atoms with van der Waals surface area (Å²) in [6.45, 7) is 14.8. The Hall–Kier alpha value is -2.60. The van der Waals surface area contributed by atoms with Gasteiger partial charge in [-0.15, -0.1) is 0 Å². The number of aromatic nitrogens is 4. The summed E-state index contributed by atoms with van der Waals surface area (Å²) in [5.41, 5.74) is 5.22. The molecule has 1 aromatic carbocycles. The number of benzene rings is 1. The molecule has 3 aromatic heterocycles. The van der Waals surface area contributed by atoms with E-state index < -0.39 is 0 Å². The van der Waals surface area contributed by atoms with Crippen molar-refractivity contribution in [2.75, 3.05) is 11.9 Å². The van der Waals surface area contributed by atoms with Crippen molar-refractivity contribution < 1.29 is 0 Å². The minimum absolute atomic E-state index is 0.759. The number of hydrogen-bond donors (Lipinski definition) is 2. The van der Waals surface area contributed by atoms with Gasteiger partial charge in [0.1, 0.15) is 4.60 Å². The zero-order valence-corrected chi connectivity index (χ0v) is 19.5. The van der Waals surface area contributed by atoms with Gasteiger partial charge in [0.15, 0.2) is 11.5 Å². The first kappa shape index (κ1) is 22.7. The Labute approximate surface area is 181 Å². The fourth-order valence-corrected chi connectivity index (χ4v) is 3.43. The Bertz CT molecular complexity index is 1080. The first-order valence-corrected chi connectivity index (χ1v) is 10.9. The monoisotopic (exact) mass is 455 g/mol. The molecule has 0 unspecified atom stereocenters. The molecule has 4 rings (SSSR count). The maximum absolute atomic E-state index is 4.54. The van der Waals surface area contributed by atoms with E-state index in [1.807, 2.05) is 57.5 Å². The van der Waals surface area contributed by atoms with Gasteiger partial charge in [-0.2, -0.15) is 0 Å². The van der Waals surface area contributed by atoms with Crippen molar-refractivity contribution >= 4 is 43.9 Å². The molecular weight excluding hydrogens is 426 g/mol. The van der Waals surface area contributed by atoms with Crippen molar-refractivity contribution in [2.45, 2.75) is 41.0 Å². The number of halogens is 1. The van der Waals surface area contributed by atoms with Gasteiger partial charge in [-0.3, -0.25) is 4.40 Å². The SMILES string of the molecule is C=C(C)c1cnc2c(NCCc3c[nH]c4ccccc34)nc(Br)cn12.CC.CC. The number of para-hydroxylation sites is 1. The van der Waals surface area contributed by atoms with E-state index in [1.54, 1.807) is 0 Å². The van der Waals surface area contributed by atoms with Gasteiger partial charge in [0.05, 0.1) is 11.9 Å². The van der Waals surface area contributed by atoms with Crippen molar-refractivity contribution in [3.63, 3.8) is 0 Å². The number of H-pyrrole nitrogens is 1.